The van der Waals surface area contributed by atoms with Crippen LogP contribution in [-0.2, 0) is 0 Å². The van der Waals surface area contributed by atoms with Crippen molar-refractivity contribution in [2.45, 2.75) is 0 Å². The number of aromatic nitrogens is 1. The van der Waals surface area contributed by atoms with Crippen LogP contribution in [0.1, 0.15) is 20.8 Å². The maximum atomic E-state index is 13.3. The minimum atomic E-state index is -0.445. The Hall–Kier alpha value is -3.48. The SMILES string of the molecule is O=C(c1cccc(F)c1)N1CCN(C(=O)c2cc(-c3ccccc3)on2)CC1. The Labute approximate surface area is 161 Å². The lowest BCUT2D eigenvalue weighted by Gasteiger charge is -2.34. The van der Waals surface area contributed by atoms with Crippen molar-refractivity contribution in [3.8, 4) is 11.3 Å². The fraction of sp³-hybridized carbons (Fsp3) is 0.190. The number of hydrogen-bond donors (Lipinski definition) is 0. The van der Waals surface area contributed by atoms with Crippen LogP contribution in [0.2, 0.25) is 0 Å². The monoisotopic (exact) mass is 379 g/mol. The van der Waals surface area contributed by atoms with Gasteiger partial charge in [0.25, 0.3) is 11.8 Å². The third-order valence-corrected chi connectivity index (χ3v) is 4.71. The molecule has 1 aromatic heterocycles. The second-order valence-corrected chi connectivity index (χ2v) is 6.54. The summed E-state index contributed by atoms with van der Waals surface area (Å²) in [6.45, 7) is 1.52. The van der Waals surface area contributed by atoms with Gasteiger partial charge in [-0.05, 0) is 18.2 Å². The number of hydrogen-bond acceptors (Lipinski definition) is 4. The summed E-state index contributed by atoms with van der Waals surface area (Å²) in [6, 6.07) is 16.7. The van der Waals surface area contributed by atoms with E-state index >= 15 is 0 Å². The van der Waals surface area contributed by atoms with Gasteiger partial charge in [-0.2, -0.15) is 0 Å². The van der Waals surface area contributed by atoms with Gasteiger partial charge in [0.2, 0.25) is 0 Å². The van der Waals surface area contributed by atoms with E-state index in [0.29, 0.717) is 37.5 Å². The smallest absolute Gasteiger partial charge is 0.276 e. The Morgan fingerprint density at radius 2 is 1.54 bits per heavy atom. The second-order valence-electron chi connectivity index (χ2n) is 6.54. The molecule has 0 aliphatic carbocycles. The number of carbonyl (C=O) groups excluding carboxylic acids is 2. The molecule has 2 aromatic carbocycles. The summed E-state index contributed by atoms with van der Waals surface area (Å²) in [7, 11) is 0. The first-order valence-corrected chi connectivity index (χ1v) is 8.98. The van der Waals surface area contributed by atoms with Crippen molar-refractivity contribution in [1.82, 2.24) is 15.0 Å². The number of amides is 2. The molecule has 28 heavy (non-hydrogen) atoms. The van der Waals surface area contributed by atoms with Gasteiger partial charge in [-0.15, -0.1) is 0 Å². The van der Waals surface area contributed by atoms with Crippen molar-refractivity contribution in [1.29, 1.82) is 0 Å². The maximum absolute atomic E-state index is 13.3. The molecule has 0 bridgehead atoms. The van der Waals surface area contributed by atoms with E-state index in [2.05, 4.69) is 5.16 Å². The van der Waals surface area contributed by atoms with Crippen LogP contribution in [0, 0.1) is 5.82 Å². The van der Waals surface area contributed by atoms with Gasteiger partial charge in [-0.25, -0.2) is 4.39 Å². The molecular weight excluding hydrogens is 361 g/mol. The van der Waals surface area contributed by atoms with E-state index in [-0.39, 0.29) is 17.5 Å². The molecule has 7 heteroatoms. The van der Waals surface area contributed by atoms with Gasteiger partial charge in [0.1, 0.15) is 5.82 Å². The highest BCUT2D eigenvalue weighted by Gasteiger charge is 2.27. The van der Waals surface area contributed by atoms with Crippen LogP contribution in [0.25, 0.3) is 11.3 Å². The molecule has 1 aliphatic rings. The van der Waals surface area contributed by atoms with Gasteiger partial charge in [-0.3, -0.25) is 9.59 Å². The summed E-state index contributed by atoms with van der Waals surface area (Å²) >= 11 is 0. The first-order valence-electron chi connectivity index (χ1n) is 8.98. The number of rotatable bonds is 3. The third-order valence-electron chi connectivity index (χ3n) is 4.71. The normalized spacial score (nSPS) is 14.2. The van der Waals surface area contributed by atoms with E-state index in [9.17, 15) is 14.0 Å². The molecular formula is C21H18FN3O3. The molecule has 2 amide bonds. The van der Waals surface area contributed by atoms with Crippen LogP contribution >= 0.6 is 0 Å². The van der Waals surface area contributed by atoms with Gasteiger partial charge in [0.05, 0.1) is 0 Å². The summed E-state index contributed by atoms with van der Waals surface area (Å²) in [4.78, 5) is 28.4. The summed E-state index contributed by atoms with van der Waals surface area (Å²) < 4.78 is 18.6. The highest BCUT2D eigenvalue weighted by molar-refractivity contribution is 5.95. The minimum Gasteiger partial charge on any atom is -0.355 e. The van der Waals surface area contributed by atoms with Crippen molar-refractivity contribution in [2.24, 2.45) is 0 Å². The maximum Gasteiger partial charge on any atom is 0.276 e. The molecule has 0 radical (unpaired) electrons. The van der Waals surface area contributed by atoms with Crippen molar-refractivity contribution in [2.75, 3.05) is 26.2 Å². The zero-order valence-corrected chi connectivity index (χ0v) is 15.0. The molecule has 2 heterocycles. The third kappa shape index (κ3) is 3.64. The van der Waals surface area contributed by atoms with Crippen LogP contribution in [0.15, 0.2) is 65.2 Å². The highest BCUT2D eigenvalue weighted by atomic mass is 19.1. The largest absolute Gasteiger partial charge is 0.355 e. The van der Waals surface area contributed by atoms with Crippen molar-refractivity contribution >= 4 is 11.8 Å². The van der Waals surface area contributed by atoms with E-state index in [1.54, 1.807) is 21.9 Å². The van der Waals surface area contributed by atoms with Crippen molar-refractivity contribution in [3.05, 3.63) is 77.7 Å². The second kappa shape index (κ2) is 7.64. The van der Waals surface area contributed by atoms with Crippen molar-refractivity contribution < 1.29 is 18.5 Å². The number of carbonyl (C=O) groups is 2. The van der Waals surface area contributed by atoms with Crippen LogP contribution in [0.4, 0.5) is 4.39 Å². The van der Waals surface area contributed by atoms with E-state index in [1.165, 1.54) is 18.2 Å². The summed E-state index contributed by atoms with van der Waals surface area (Å²) in [5.41, 5.74) is 1.40. The highest BCUT2D eigenvalue weighted by Crippen LogP contribution is 2.21. The minimum absolute atomic E-state index is 0.233. The van der Waals surface area contributed by atoms with E-state index in [0.717, 1.165) is 5.56 Å². The lowest BCUT2D eigenvalue weighted by Crippen LogP contribution is -2.50. The van der Waals surface area contributed by atoms with E-state index in [1.807, 2.05) is 30.3 Å². The average Bonchev–Trinajstić information content (AvgIpc) is 3.24. The summed E-state index contributed by atoms with van der Waals surface area (Å²) in [5, 5.41) is 3.89. The first-order chi connectivity index (χ1) is 13.6. The molecule has 0 N–H and O–H groups in total. The molecule has 1 saturated heterocycles. The van der Waals surface area contributed by atoms with Gasteiger partial charge in [0.15, 0.2) is 11.5 Å². The Balaban J connectivity index is 1.39. The van der Waals surface area contributed by atoms with E-state index in [4.69, 9.17) is 4.52 Å². The molecule has 6 nitrogen and oxygen atoms in total. The Bertz CT molecular complexity index is 995. The quantitative estimate of drug-likeness (QED) is 0.701. The summed E-state index contributed by atoms with van der Waals surface area (Å²) in [5.74, 6) is -0.382. The fourth-order valence-corrected chi connectivity index (χ4v) is 3.19. The van der Waals surface area contributed by atoms with Gasteiger partial charge >= 0.3 is 0 Å². The molecule has 1 aliphatic heterocycles. The molecule has 3 aromatic rings. The predicted molar refractivity (Wildman–Crippen MR) is 100 cm³/mol. The Kier molecular flexibility index (Phi) is 4.89. The lowest BCUT2D eigenvalue weighted by atomic mass is 10.1. The number of nitrogens with zero attached hydrogens (tertiary/aromatic N) is 3. The van der Waals surface area contributed by atoms with Crippen LogP contribution in [-0.4, -0.2) is 52.9 Å². The number of piperazine rings is 1. The molecule has 0 unspecified atom stereocenters. The van der Waals surface area contributed by atoms with Crippen LogP contribution in [0.3, 0.4) is 0 Å². The standard InChI is InChI=1S/C21H18FN3O3/c22-17-8-4-7-16(13-17)20(26)24-9-11-25(12-10-24)21(27)18-14-19(28-23-18)15-5-2-1-3-6-15/h1-8,13-14H,9-12H2. The van der Waals surface area contributed by atoms with Crippen LogP contribution < -0.4 is 0 Å². The molecule has 0 atom stereocenters. The molecule has 0 spiro atoms. The van der Waals surface area contributed by atoms with Gasteiger partial charge < -0.3 is 14.3 Å². The zero-order valence-electron chi connectivity index (χ0n) is 15.0. The topological polar surface area (TPSA) is 66.7 Å². The number of benzene rings is 2. The van der Waals surface area contributed by atoms with Gasteiger partial charge in [-0.1, -0.05) is 41.6 Å². The van der Waals surface area contributed by atoms with E-state index < -0.39 is 5.82 Å². The molecule has 1 fully saturated rings. The van der Waals surface area contributed by atoms with Crippen molar-refractivity contribution in [3.63, 3.8) is 0 Å². The van der Waals surface area contributed by atoms with Gasteiger partial charge in [0, 0.05) is 43.4 Å². The summed E-state index contributed by atoms with van der Waals surface area (Å²) in [6.07, 6.45) is 0. The average molecular weight is 379 g/mol. The zero-order chi connectivity index (χ0) is 19.5. The molecule has 4 rings (SSSR count). The Morgan fingerprint density at radius 1 is 0.857 bits per heavy atom. The molecule has 0 saturated carbocycles. The Morgan fingerprint density at radius 3 is 2.21 bits per heavy atom. The molecule has 142 valence electrons. The first kappa shape index (κ1) is 17.9. The number of halogens is 1. The lowest BCUT2D eigenvalue weighted by molar-refractivity contribution is 0.0529. The predicted octanol–water partition coefficient (Wildman–Crippen LogP) is 3.08. The van der Waals surface area contributed by atoms with Crippen LogP contribution in [0.5, 0.6) is 0 Å². The fourth-order valence-electron chi connectivity index (χ4n) is 3.19.